The maximum Gasteiger partial charge on any atom is 0.226 e. The molecule has 1 unspecified atom stereocenters. The molecule has 2 bridgehead atoms. The van der Waals surface area contributed by atoms with Crippen molar-refractivity contribution in [2.24, 2.45) is 23.7 Å². The molecule has 0 saturated heterocycles. The van der Waals surface area contributed by atoms with E-state index < -0.39 is 12.2 Å². The lowest BCUT2D eigenvalue weighted by molar-refractivity contribution is -0.126. The molecule has 1 aromatic carbocycles. The smallest absolute Gasteiger partial charge is 0.226 e. The van der Waals surface area contributed by atoms with Crippen LogP contribution in [0.15, 0.2) is 18.2 Å². The summed E-state index contributed by atoms with van der Waals surface area (Å²) in [6.07, 6.45) is 1.10. The van der Waals surface area contributed by atoms with E-state index in [1.54, 1.807) is 7.11 Å². The van der Waals surface area contributed by atoms with Gasteiger partial charge in [-0.05, 0) is 49.1 Å². The Morgan fingerprint density at radius 2 is 2.16 bits per heavy atom. The first-order chi connectivity index (χ1) is 12.1. The van der Waals surface area contributed by atoms with Crippen molar-refractivity contribution in [1.82, 2.24) is 5.32 Å². The number of aliphatic hydroxyl groups is 2. The van der Waals surface area contributed by atoms with Crippen molar-refractivity contribution in [3.63, 3.8) is 0 Å². The van der Waals surface area contributed by atoms with Gasteiger partial charge in [0.2, 0.25) is 5.91 Å². The predicted molar refractivity (Wildman–Crippen MR) is 90.4 cm³/mol. The summed E-state index contributed by atoms with van der Waals surface area (Å²) in [5.41, 5.74) is 0.940. The predicted octanol–water partition coefficient (Wildman–Crippen LogP) is 0.740. The van der Waals surface area contributed by atoms with Gasteiger partial charge in [-0.15, -0.1) is 0 Å². The summed E-state index contributed by atoms with van der Waals surface area (Å²) in [6.45, 7) is 0.920. The van der Waals surface area contributed by atoms with Gasteiger partial charge in [0.15, 0.2) is 0 Å². The quantitative estimate of drug-likeness (QED) is 0.748. The van der Waals surface area contributed by atoms with Gasteiger partial charge >= 0.3 is 0 Å². The van der Waals surface area contributed by atoms with Crippen LogP contribution in [0.3, 0.4) is 0 Å². The SMILES string of the molecule is COc1cccc2c1CC(C(=O)NC[C@@H]1C[C@H]3C[C@@H]1[C@H](O)[C@@H]3O)CO2. The first-order valence-corrected chi connectivity index (χ1v) is 9.01. The number of methoxy groups -OCH3 is 1. The lowest BCUT2D eigenvalue weighted by Crippen LogP contribution is -2.44. The van der Waals surface area contributed by atoms with Gasteiger partial charge in [-0.25, -0.2) is 0 Å². The number of hydrogen-bond acceptors (Lipinski definition) is 5. The number of rotatable bonds is 4. The first kappa shape index (κ1) is 16.7. The molecule has 6 nitrogen and oxygen atoms in total. The third kappa shape index (κ3) is 2.87. The molecule has 1 aromatic rings. The van der Waals surface area contributed by atoms with E-state index in [4.69, 9.17) is 9.47 Å². The molecule has 0 aromatic heterocycles. The summed E-state index contributed by atoms with van der Waals surface area (Å²) in [6, 6.07) is 5.66. The Morgan fingerprint density at radius 3 is 2.88 bits per heavy atom. The van der Waals surface area contributed by atoms with E-state index in [-0.39, 0.29) is 29.6 Å². The van der Waals surface area contributed by atoms with Crippen LogP contribution in [0.2, 0.25) is 0 Å². The third-order valence-electron chi connectivity index (χ3n) is 6.17. The van der Waals surface area contributed by atoms with Gasteiger partial charge < -0.3 is 25.0 Å². The molecule has 25 heavy (non-hydrogen) atoms. The number of fused-ring (bicyclic) bond motifs is 3. The highest BCUT2D eigenvalue weighted by Gasteiger charge is 2.51. The Morgan fingerprint density at radius 1 is 1.32 bits per heavy atom. The zero-order chi connectivity index (χ0) is 17.6. The average molecular weight is 347 g/mol. The molecule has 4 rings (SSSR count). The molecule has 1 heterocycles. The Kier molecular flexibility index (Phi) is 4.33. The van der Waals surface area contributed by atoms with Gasteiger partial charge in [-0.2, -0.15) is 0 Å². The standard InChI is InChI=1S/C19H25NO5/c1-24-15-3-2-4-16-14(15)7-12(9-25-16)19(23)20-8-11-5-10-6-13(11)18(22)17(10)21/h2-4,10-13,17-18,21-22H,5-9H2,1H3,(H,20,23)/t10-,11-,12?,13-,17+,18-/m0/s1. The van der Waals surface area contributed by atoms with Crippen LogP contribution in [-0.4, -0.2) is 48.6 Å². The zero-order valence-corrected chi connectivity index (χ0v) is 14.4. The average Bonchev–Trinajstić information content (AvgIpc) is 3.18. The molecule has 136 valence electrons. The second-order valence-corrected chi connectivity index (χ2v) is 7.53. The van der Waals surface area contributed by atoms with Crippen molar-refractivity contribution in [3.8, 4) is 11.5 Å². The largest absolute Gasteiger partial charge is 0.496 e. The van der Waals surface area contributed by atoms with Crippen molar-refractivity contribution in [2.45, 2.75) is 31.5 Å². The van der Waals surface area contributed by atoms with Crippen molar-refractivity contribution in [3.05, 3.63) is 23.8 Å². The normalized spacial score (nSPS) is 35.8. The number of benzene rings is 1. The summed E-state index contributed by atoms with van der Waals surface area (Å²) in [5.74, 6) is 1.81. The molecule has 6 atom stereocenters. The van der Waals surface area contributed by atoms with E-state index in [9.17, 15) is 15.0 Å². The molecule has 1 amide bonds. The number of carbonyl (C=O) groups is 1. The van der Waals surface area contributed by atoms with Gasteiger partial charge in [0.1, 0.15) is 18.1 Å². The Bertz CT molecular complexity index is 647. The minimum atomic E-state index is -0.644. The molecule has 1 aliphatic heterocycles. The molecule has 3 N–H and O–H groups in total. The van der Waals surface area contributed by atoms with Crippen LogP contribution in [0.25, 0.3) is 0 Å². The summed E-state index contributed by atoms with van der Waals surface area (Å²) in [4.78, 5) is 12.6. The Labute approximate surface area is 147 Å². The second kappa shape index (κ2) is 6.50. The van der Waals surface area contributed by atoms with Crippen molar-refractivity contribution < 1.29 is 24.5 Å². The molecular weight excluding hydrogens is 322 g/mol. The van der Waals surface area contributed by atoms with Gasteiger partial charge in [0.05, 0.1) is 25.2 Å². The molecule has 2 saturated carbocycles. The molecule has 2 fully saturated rings. The zero-order valence-electron chi connectivity index (χ0n) is 14.4. The van der Waals surface area contributed by atoms with Gasteiger partial charge in [-0.1, -0.05) is 6.07 Å². The summed E-state index contributed by atoms with van der Waals surface area (Å²) in [5, 5.41) is 22.9. The first-order valence-electron chi connectivity index (χ1n) is 9.01. The number of nitrogens with one attached hydrogen (secondary N) is 1. The highest BCUT2D eigenvalue weighted by Crippen LogP contribution is 2.48. The maximum absolute atomic E-state index is 12.6. The van der Waals surface area contributed by atoms with Gasteiger partial charge in [0.25, 0.3) is 0 Å². The Balaban J connectivity index is 1.35. The van der Waals surface area contributed by atoms with Crippen LogP contribution >= 0.6 is 0 Å². The summed E-state index contributed by atoms with van der Waals surface area (Å²) in [7, 11) is 1.62. The monoisotopic (exact) mass is 347 g/mol. The highest BCUT2D eigenvalue weighted by atomic mass is 16.5. The van der Waals surface area contributed by atoms with E-state index in [1.165, 1.54) is 0 Å². The van der Waals surface area contributed by atoms with Crippen LogP contribution in [-0.2, 0) is 11.2 Å². The molecular formula is C19H25NO5. The molecule has 0 radical (unpaired) electrons. The molecule has 0 spiro atoms. The number of aliphatic hydroxyl groups excluding tert-OH is 2. The molecule has 6 heteroatoms. The third-order valence-corrected chi connectivity index (χ3v) is 6.17. The van der Waals surface area contributed by atoms with Crippen LogP contribution in [0, 0.1) is 23.7 Å². The fraction of sp³-hybridized carbons (Fsp3) is 0.632. The number of carbonyl (C=O) groups excluding carboxylic acids is 1. The maximum atomic E-state index is 12.6. The van der Waals surface area contributed by atoms with Crippen molar-refractivity contribution in [2.75, 3.05) is 20.3 Å². The minimum absolute atomic E-state index is 0.0191. The number of amides is 1. The summed E-state index contributed by atoms with van der Waals surface area (Å²) >= 11 is 0. The summed E-state index contributed by atoms with van der Waals surface area (Å²) < 4.78 is 11.1. The molecule has 2 aliphatic carbocycles. The topological polar surface area (TPSA) is 88.0 Å². The van der Waals surface area contributed by atoms with Crippen LogP contribution in [0.5, 0.6) is 11.5 Å². The van der Waals surface area contributed by atoms with Crippen molar-refractivity contribution in [1.29, 1.82) is 0 Å². The molecule has 3 aliphatic rings. The minimum Gasteiger partial charge on any atom is -0.496 e. The Hall–Kier alpha value is -1.79. The van der Waals surface area contributed by atoms with E-state index in [1.807, 2.05) is 18.2 Å². The van der Waals surface area contributed by atoms with E-state index in [0.717, 1.165) is 29.9 Å². The van der Waals surface area contributed by atoms with E-state index >= 15 is 0 Å². The number of ether oxygens (including phenoxy) is 2. The van der Waals surface area contributed by atoms with E-state index in [0.29, 0.717) is 19.6 Å². The lowest BCUT2D eigenvalue weighted by Gasteiger charge is -2.31. The fourth-order valence-corrected chi connectivity index (χ4v) is 4.78. The second-order valence-electron chi connectivity index (χ2n) is 7.53. The highest BCUT2D eigenvalue weighted by molar-refractivity contribution is 5.79. The fourth-order valence-electron chi connectivity index (χ4n) is 4.78. The van der Waals surface area contributed by atoms with Crippen LogP contribution in [0.4, 0.5) is 0 Å². The number of hydrogen-bond donors (Lipinski definition) is 3. The van der Waals surface area contributed by atoms with Gasteiger partial charge in [-0.3, -0.25) is 4.79 Å². The van der Waals surface area contributed by atoms with Crippen LogP contribution in [0.1, 0.15) is 18.4 Å². The lowest BCUT2D eigenvalue weighted by atomic mass is 9.85. The van der Waals surface area contributed by atoms with E-state index in [2.05, 4.69) is 5.32 Å². The van der Waals surface area contributed by atoms with Crippen LogP contribution < -0.4 is 14.8 Å². The van der Waals surface area contributed by atoms with Crippen molar-refractivity contribution >= 4 is 5.91 Å². The van der Waals surface area contributed by atoms with Gasteiger partial charge in [0, 0.05) is 12.1 Å².